The molecule has 2 aromatic heterocycles. The molecule has 0 spiro atoms. The van der Waals surface area contributed by atoms with E-state index in [-0.39, 0.29) is 29.9 Å². The van der Waals surface area contributed by atoms with Gasteiger partial charge in [0.25, 0.3) is 11.8 Å². The van der Waals surface area contributed by atoms with Crippen LogP contribution in [0.4, 0.5) is 5.69 Å². The Labute approximate surface area is 243 Å². The SMILES string of the molecule is CO[C@@H]1CN(C)C(=O)c2ccc(NC(=O)c3nc4ccccc4s3)cc2OC[C@@H](C)N(Cc2cncnc2)C[C@@H]1C. The number of carbonyl (C=O) groups excluding carboxylic acids is 2. The molecule has 214 valence electrons. The number of thiazole rings is 1. The molecule has 0 saturated heterocycles. The first-order valence-corrected chi connectivity index (χ1v) is 14.3. The molecule has 1 aliphatic rings. The minimum absolute atomic E-state index is 0.00346. The summed E-state index contributed by atoms with van der Waals surface area (Å²) in [6, 6.07) is 12.7. The van der Waals surface area contributed by atoms with Crippen LogP contribution in [0.15, 0.2) is 61.2 Å². The van der Waals surface area contributed by atoms with Crippen molar-refractivity contribution in [3.05, 3.63) is 77.3 Å². The van der Waals surface area contributed by atoms with E-state index >= 15 is 0 Å². The number of benzene rings is 2. The van der Waals surface area contributed by atoms with Crippen LogP contribution in [0.1, 0.15) is 39.6 Å². The molecule has 0 fully saturated rings. The summed E-state index contributed by atoms with van der Waals surface area (Å²) in [6.45, 7) is 6.35. The van der Waals surface area contributed by atoms with Gasteiger partial charge < -0.3 is 19.7 Å². The van der Waals surface area contributed by atoms with Crippen molar-refractivity contribution in [1.29, 1.82) is 0 Å². The molecular formula is C30H34N6O4S. The van der Waals surface area contributed by atoms with Gasteiger partial charge in [-0.2, -0.15) is 0 Å². The summed E-state index contributed by atoms with van der Waals surface area (Å²) >= 11 is 1.33. The topological polar surface area (TPSA) is 110 Å². The Kier molecular flexibility index (Phi) is 8.87. The number of para-hydroxylation sites is 1. The van der Waals surface area contributed by atoms with Gasteiger partial charge in [0.2, 0.25) is 0 Å². The minimum atomic E-state index is -0.315. The highest BCUT2D eigenvalue weighted by Gasteiger charge is 2.28. The molecular weight excluding hydrogens is 540 g/mol. The third-order valence-corrected chi connectivity index (χ3v) is 8.36. The van der Waals surface area contributed by atoms with Crippen molar-refractivity contribution in [3.8, 4) is 5.75 Å². The predicted octanol–water partition coefficient (Wildman–Crippen LogP) is 4.34. The number of ether oxygens (including phenoxy) is 2. The van der Waals surface area contributed by atoms with Gasteiger partial charge in [0.05, 0.1) is 21.9 Å². The fraction of sp³-hybridized carbons (Fsp3) is 0.367. The number of hydrogen-bond acceptors (Lipinski definition) is 9. The quantitative estimate of drug-likeness (QED) is 0.375. The first kappa shape index (κ1) is 28.6. The van der Waals surface area contributed by atoms with Gasteiger partial charge in [-0.1, -0.05) is 19.1 Å². The lowest BCUT2D eigenvalue weighted by molar-refractivity contribution is 0.00918. The normalized spacial score (nSPS) is 20.5. The number of amides is 2. The summed E-state index contributed by atoms with van der Waals surface area (Å²) < 4.78 is 13.1. The smallest absolute Gasteiger partial charge is 0.284 e. The summed E-state index contributed by atoms with van der Waals surface area (Å²) in [4.78, 5) is 43.3. The number of methoxy groups -OCH3 is 1. The van der Waals surface area contributed by atoms with E-state index in [0.29, 0.717) is 41.7 Å². The molecule has 1 aliphatic heterocycles. The van der Waals surface area contributed by atoms with Crippen LogP contribution in [-0.2, 0) is 11.3 Å². The van der Waals surface area contributed by atoms with Gasteiger partial charge in [0.1, 0.15) is 18.7 Å². The Morgan fingerprint density at radius 2 is 1.93 bits per heavy atom. The summed E-state index contributed by atoms with van der Waals surface area (Å²) in [5.74, 6) is 0.0526. The third-order valence-electron chi connectivity index (χ3n) is 7.32. The number of nitrogens with one attached hydrogen (secondary N) is 1. The molecule has 0 aliphatic carbocycles. The van der Waals surface area contributed by atoms with E-state index < -0.39 is 0 Å². The van der Waals surface area contributed by atoms with E-state index in [9.17, 15) is 9.59 Å². The van der Waals surface area contributed by atoms with Crippen LogP contribution in [0.5, 0.6) is 5.75 Å². The summed E-state index contributed by atoms with van der Waals surface area (Å²) in [5, 5.41) is 3.28. The summed E-state index contributed by atoms with van der Waals surface area (Å²) in [6.07, 6.45) is 4.99. The molecule has 1 N–H and O–H groups in total. The van der Waals surface area contributed by atoms with Crippen LogP contribution in [0.2, 0.25) is 0 Å². The Hall–Kier alpha value is -3.93. The van der Waals surface area contributed by atoms with Gasteiger partial charge in [0.15, 0.2) is 5.01 Å². The molecule has 11 heteroatoms. The molecule has 3 heterocycles. The third kappa shape index (κ3) is 6.70. The molecule has 10 nitrogen and oxygen atoms in total. The lowest BCUT2D eigenvalue weighted by Gasteiger charge is -2.36. The van der Waals surface area contributed by atoms with Gasteiger partial charge in [-0.25, -0.2) is 15.0 Å². The molecule has 41 heavy (non-hydrogen) atoms. The van der Waals surface area contributed by atoms with Gasteiger partial charge in [-0.15, -0.1) is 11.3 Å². The van der Waals surface area contributed by atoms with E-state index in [1.54, 1.807) is 37.3 Å². The zero-order valence-electron chi connectivity index (χ0n) is 23.6. The largest absolute Gasteiger partial charge is 0.491 e. The number of aromatic nitrogens is 3. The van der Waals surface area contributed by atoms with Crippen LogP contribution in [0.25, 0.3) is 10.2 Å². The lowest BCUT2D eigenvalue weighted by atomic mass is 10.0. The van der Waals surface area contributed by atoms with Crippen molar-refractivity contribution in [1.82, 2.24) is 24.8 Å². The monoisotopic (exact) mass is 574 g/mol. The number of likely N-dealkylation sites (N-methyl/N-ethyl adjacent to an activating group) is 1. The van der Waals surface area contributed by atoms with E-state index in [0.717, 1.165) is 22.3 Å². The maximum atomic E-state index is 13.5. The minimum Gasteiger partial charge on any atom is -0.491 e. The molecule has 3 atom stereocenters. The van der Waals surface area contributed by atoms with E-state index in [1.165, 1.54) is 17.7 Å². The number of fused-ring (bicyclic) bond motifs is 2. The highest BCUT2D eigenvalue weighted by molar-refractivity contribution is 7.20. The summed E-state index contributed by atoms with van der Waals surface area (Å²) in [7, 11) is 3.45. The second kappa shape index (κ2) is 12.7. The van der Waals surface area contributed by atoms with Gasteiger partial charge in [0, 0.05) is 69.5 Å². The first-order chi connectivity index (χ1) is 19.8. The molecule has 0 unspecified atom stereocenters. The highest BCUT2D eigenvalue weighted by atomic mass is 32.1. The zero-order chi connectivity index (χ0) is 28.9. The van der Waals surface area contributed by atoms with E-state index in [1.807, 2.05) is 36.7 Å². The standard InChI is InChI=1S/C30H34N6O4S/c1-19-14-36(15-21-12-31-18-32-13-21)20(2)17-40-25-11-22(9-10-23(25)30(38)35(3)16-26(19)39-4)33-28(37)29-34-24-7-5-6-8-27(24)41-29/h5-13,18-20,26H,14-17H2,1-4H3,(H,33,37)/t19-,20+,26+/m0/s1. The predicted molar refractivity (Wildman–Crippen MR) is 158 cm³/mol. The Morgan fingerprint density at radius 3 is 2.68 bits per heavy atom. The average Bonchev–Trinajstić information content (AvgIpc) is 3.43. The molecule has 5 rings (SSSR count). The van der Waals surface area contributed by atoms with Gasteiger partial charge in [-0.05, 0) is 37.1 Å². The van der Waals surface area contributed by atoms with Gasteiger partial charge in [-0.3, -0.25) is 14.5 Å². The second-order valence-corrected chi connectivity index (χ2v) is 11.5. The van der Waals surface area contributed by atoms with Gasteiger partial charge >= 0.3 is 0 Å². The number of rotatable bonds is 5. The molecule has 2 amide bonds. The fourth-order valence-corrected chi connectivity index (χ4v) is 5.81. The van der Waals surface area contributed by atoms with Crippen molar-refractivity contribution < 1.29 is 19.1 Å². The van der Waals surface area contributed by atoms with Crippen LogP contribution < -0.4 is 10.1 Å². The number of hydrogen-bond donors (Lipinski definition) is 1. The highest BCUT2D eigenvalue weighted by Crippen LogP contribution is 2.28. The lowest BCUT2D eigenvalue weighted by Crippen LogP contribution is -2.46. The van der Waals surface area contributed by atoms with Crippen molar-refractivity contribution in [2.24, 2.45) is 5.92 Å². The van der Waals surface area contributed by atoms with E-state index in [4.69, 9.17) is 9.47 Å². The Morgan fingerprint density at radius 1 is 1.15 bits per heavy atom. The Bertz CT molecular complexity index is 1480. The number of anilines is 1. The molecule has 2 aromatic carbocycles. The van der Waals surface area contributed by atoms with Crippen LogP contribution in [-0.4, -0.2) is 82.6 Å². The molecule has 0 radical (unpaired) electrons. The molecule has 4 aromatic rings. The van der Waals surface area contributed by atoms with Crippen molar-refractivity contribution >= 4 is 39.1 Å². The van der Waals surface area contributed by atoms with Crippen LogP contribution in [0, 0.1) is 5.92 Å². The zero-order valence-corrected chi connectivity index (χ0v) is 24.4. The Balaban J connectivity index is 1.42. The van der Waals surface area contributed by atoms with Crippen LogP contribution in [0.3, 0.4) is 0 Å². The maximum Gasteiger partial charge on any atom is 0.284 e. The van der Waals surface area contributed by atoms with E-state index in [2.05, 4.69) is 39.0 Å². The molecule has 0 bridgehead atoms. The first-order valence-electron chi connectivity index (χ1n) is 13.5. The van der Waals surface area contributed by atoms with Crippen molar-refractivity contribution in [3.63, 3.8) is 0 Å². The molecule has 0 saturated carbocycles. The average molecular weight is 575 g/mol. The number of carbonyl (C=O) groups is 2. The van der Waals surface area contributed by atoms with Crippen LogP contribution >= 0.6 is 11.3 Å². The number of nitrogens with zero attached hydrogens (tertiary/aromatic N) is 5. The maximum absolute atomic E-state index is 13.5. The second-order valence-electron chi connectivity index (χ2n) is 10.4. The van der Waals surface area contributed by atoms with Crippen molar-refractivity contribution in [2.75, 3.05) is 39.2 Å². The van der Waals surface area contributed by atoms with Crippen molar-refractivity contribution in [2.45, 2.75) is 32.5 Å². The fourth-order valence-electron chi connectivity index (χ4n) is 4.95. The summed E-state index contributed by atoms with van der Waals surface area (Å²) in [5.41, 5.74) is 2.72.